The first-order valence-electron chi connectivity index (χ1n) is 11.6. The van der Waals surface area contributed by atoms with Crippen LogP contribution in [0.2, 0.25) is 0 Å². The van der Waals surface area contributed by atoms with E-state index in [1.807, 2.05) is 11.7 Å². The van der Waals surface area contributed by atoms with E-state index in [2.05, 4.69) is 34.6 Å². The maximum absolute atomic E-state index is 12.6. The van der Waals surface area contributed by atoms with Gasteiger partial charge in [0.05, 0.1) is 0 Å². The van der Waals surface area contributed by atoms with Crippen LogP contribution in [0.3, 0.4) is 0 Å². The maximum atomic E-state index is 12.6. The van der Waals surface area contributed by atoms with Crippen LogP contribution in [0.4, 0.5) is 0 Å². The number of fused-ring (bicyclic) bond motifs is 3. The molecule has 2 N–H and O–H groups in total. The first kappa shape index (κ1) is 19.6. The molecule has 0 amide bonds. The summed E-state index contributed by atoms with van der Waals surface area (Å²) in [6.07, 6.45) is 12.1. The Hall–Kier alpha value is -2.40. The normalized spacial score (nSPS) is 17.8. The third kappa shape index (κ3) is 3.71. The lowest BCUT2D eigenvalue weighted by molar-refractivity contribution is 0.459. The van der Waals surface area contributed by atoms with Crippen molar-refractivity contribution in [1.82, 2.24) is 20.1 Å². The summed E-state index contributed by atoms with van der Waals surface area (Å²) in [6.45, 7) is 0.901. The van der Waals surface area contributed by atoms with Gasteiger partial charge in [0, 0.05) is 36.1 Å². The first-order chi connectivity index (χ1) is 14.7. The van der Waals surface area contributed by atoms with Gasteiger partial charge in [-0.1, -0.05) is 43.9 Å². The predicted molar refractivity (Wildman–Crippen MR) is 122 cm³/mol. The molecule has 5 nitrogen and oxygen atoms in total. The molecule has 2 aromatic heterocycles. The fourth-order valence-electron chi connectivity index (χ4n) is 5.34. The zero-order valence-electron chi connectivity index (χ0n) is 18.0. The molecular formula is C25H32N4O. The minimum atomic E-state index is 0.0631. The Balaban J connectivity index is 1.48. The van der Waals surface area contributed by atoms with Crippen LogP contribution >= 0.6 is 0 Å². The average molecular weight is 405 g/mol. The van der Waals surface area contributed by atoms with E-state index in [1.54, 1.807) is 0 Å². The van der Waals surface area contributed by atoms with Gasteiger partial charge in [-0.25, -0.2) is 0 Å². The predicted octanol–water partition coefficient (Wildman–Crippen LogP) is 4.62. The fourth-order valence-corrected chi connectivity index (χ4v) is 5.34. The van der Waals surface area contributed by atoms with Crippen LogP contribution in [-0.2, 0) is 26.4 Å². The first-order valence-corrected chi connectivity index (χ1v) is 11.6. The lowest BCUT2D eigenvalue weighted by Gasteiger charge is -2.17. The van der Waals surface area contributed by atoms with Gasteiger partial charge in [0.1, 0.15) is 11.3 Å². The minimum absolute atomic E-state index is 0.0631. The summed E-state index contributed by atoms with van der Waals surface area (Å²) in [5.41, 5.74) is 6.53. The summed E-state index contributed by atoms with van der Waals surface area (Å²) in [7, 11) is 1.93. The van der Waals surface area contributed by atoms with E-state index in [0.717, 1.165) is 60.1 Å². The second-order valence-corrected chi connectivity index (χ2v) is 9.08. The Morgan fingerprint density at radius 3 is 2.63 bits per heavy atom. The van der Waals surface area contributed by atoms with E-state index in [9.17, 15) is 4.79 Å². The van der Waals surface area contributed by atoms with E-state index in [0.29, 0.717) is 6.04 Å². The third-order valence-corrected chi connectivity index (χ3v) is 6.97. The topological polar surface area (TPSA) is 62.7 Å². The van der Waals surface area contributed by atoms with Gasteiger partial charge in [-0.2, -0.15) is 5.10 Å². The molecule has 2 aliphatic rings. The largest absolute Gasteiger partial charge is 0.310 e. The number of aryl methyl sites for hydroxylation is 2. The highest BCUT2D eigenvalue weighted by Crippen LogP contribution is 2.33. The van der Waals surface area contributed by atoms with Gasteiger partial charge in [-0.15, -0.1) is 0 Å². The highest BCUT2D eigenvalue weighted by molar-refractivity contribution is 5.94. The molecule has 158 valence electrons. The molecule has 0 atom stereocenters. The SMILES string of the molecule is Cn1nc(-c2cccc(CNC3CCCCCC3)c2)c2c3c(c(=O)[nH]c21)CCCC3. The quantitative estimate of drug-likeness (QED) is 0.624. The summed E-state index contributed by atoms with van der Waals surface area (Å²) < 4.78 is 1.83. The molecule has 3 aromatic rings. The lowest BCUT2D eigenvalue weighted by Crippen LogP contribution is -2.27. The van der Waals surface area contributed by atoms with E-state index < -0.39 is 0 Å². The van der Waals surface area contributed by atoms with Gasteiger partial charge in [0.2, 0.25) is 0 Å². The van der Waals surface area contributed by atoms with Crippen molar-refractivity contribution in [3.63, 3.8) is 0 Å². The van der Waals surface area contributed by atoms with E-state index >= 15 is 0 Å². The number of benzene rings is 1. The molecule has 2 aliphatic carbocycles. The molecule has 0 radical (unpaired) electrons. The number of hydrogen-bond donors (Lipinski definition) is 2. The number of nitrogens with one attached hydrogen (secondary N) is 2. The Morgan fingerprint density at radius 1 is 1.07 bits per heavy atom. The van der Waals surface area contributed by atoms with Gasteiger partial charge in [-0.3, -0.25) is 9.48 Å². The Bertz CT molecular complexity index is 1100. The number of aromatic nitrogens is 3. The van der Waals surface area contributed by atoms with Crippen molar-refractivity contribution in [3.05, 3.63) is 51.3 Å². The van der Waals surface area contributed by atoms with Crippen LogP contribution in [0.15, 0.2) is 29.1 Å². The standard InChI is InChI=1S/C25H32N4O/c1-29-24-22(20-13-6-7-14-21(20)25(30)27-24)23(28-29)18-10-8-9-17(15-18)16-26-19-11-4-2-3-5-12-19/h8-10,15,19,26H,2-7,11-14,16H2,1H3,(H,27,30). The van der Waals surface area contributed by atoms with Gasteiger partial charge in [0.25, 0.3) is 5.56 Å². The maximum Gasteiger partial charge on any atom is 0.253 e. The second-order valence-electron chi connectivity index (χ2n) is 9.08. The molecular weight excluding hydrogens is 372 g/mol. The number of pyridine rings is 1. The van der Waals surface area contributed by atoms with E-state index in [-0.39, 0.29) is 5.56 Å². The molecule has 0 saturated heterocycles. The van der Waals surface area contributed by atoms with Crippen molar-refractivity contribution in [3.8, 4) is 11.3 Å². The smallest absolute Gasteiger partial charge is 0.253 e. The summed E-state index contributed by atoms with van der Waals surface area (Å²) in [5.74, 6) is 0. The molecule has 0 spiro atoms. The van der Waals surface area contributed by atoms with Crippen LogP contribution in [-0.4, -0.2) is 20.8 Å². The Morgan fingerprint density at radius 2 is 1.83 bits per heavy atom. The van der Waals surface area contributed by atoms with Crippen molar-refractivity contribution in [2.45, 2.75) is 76.8 Å². The van der Waals surface area contributed by atoms with Crippen molar-refractivity contribution in [2.75, 3.05) is 0 Å². The van der Waals surface area contributed by atoms with E-state index in [1.165, 1.54) is 49.7 Å². The Labute approximate surface area is 177 Å². The number of nitrogens with zero attached hydrogens (tertiary/aromatic N) is 2. The third-order valence-electron chi connectivity index (χ3n) is 6.97. The fraction of sp³-hybridized carbons (Fsp3) is 0.520. The van der Waals surface area contributed by atoms with Crippen LogP contribution in [0.25, 0.3) is 22.3 Å². The zero-order valence-corrected chi connectivity index (χ0v) is 18.0. The lowest BCUT2D eigenvalue weighted by atomic mass is 9.89. The number of hydrogen-bond acceptors (Lipinski definition) is 3. The minimum Gasteiger partial charge on any atom is -0.310 e. The van der Waals surface area contributed by atoms with Crippen LogP contribution in [0, 0.1) is 0 Å². The van der Waals surface area contributed by atoms with Crippen LogP contribution in [0.1, 0.15) is 68.1 Å². The summed E-state index contributed by atoms with van der Waals surface area (Å²) in [6, 6.07) is 9.40. The Kier molecular flexibility index (Phi) is 5.47. The highest BCUT2D eigenvalue weighted by Gasteiger charge is 2.22. The summed E-state index contributed by atoms with van der Waals surface area (Å²) in [4.78, 5) is 15.7. The monoisotopic (exact) mass is 404 g/mol. The summed E-state index contributed by atoms with van der Waals surface area (Å²) >= 11 is 0. The number of rotatable bonds is 4. The average Bonchev–Trinajstić information content (AvgIpc) is 2.94. The highest BCUT2D eigenvalue weighted by atomic mass is 16.1. The van der Waals surface area contributed by atoms with Gasteiger partial charge >= 0.3 is 0 Å². The van der Waals surface area contributed by atoms with Gasteiger partial charge in [-0.05, 0) is 55.7 Å². The van der Waals surface area contributed by atoms with Crippen molar-refractivity contribution in [1.29, 1.82) is 0 Å². The zero-order chi connectivity index (χ0) is 20.5. The molecule has 30 heavy (non-hydrogen) atoms. The summed E-state index contributed by atoms with van der Waals surface area (Å²) in [5, 5.41) is 9.76. The second kappa shape index (κ2) is 8.38. The molecule has 5 rings (SSSR count). The van der Waals surface area contributed by atoms with Gasteiger partial charge in [0.15, 0.2) is 0 Å². The molecule has 0 aliphatic heterocycles. The van der Waals surface area contributed by atoms with Crippen molar-refractivity contribution < 1.29 is 0 Å². The van der Waals surface area contributed by atoms with Gasteiger partial charge < -0.3 is 10.3 Å². The molecule has 2 heterocycles. The number of aromatic amines is 1. The van der Waals surface area contributed by atoms with Crippen molar-refractivity contribution in [2.24, 2.45) is 7.05 Å². The van der Waals surface area contributed by atoms with Crippen molar-refractivity contribution >= 4 is 11.0 Å². The van der Waals surface area contributed by atoms with Crippen LogP contribution < -0.4 is 10.9 Å². The molecule has 1 saturated carbocycles. The molecule has 0 unspecified atom stereocenters. The molecule has 1 aromatic carbocycles. The molecule has 5 heteroatoms. The van der Waals surface area contributed by atoms with E-state index in [4.69, 9.17) is 5.10 Å². The van der Waals surface area contributed by atoms with Crippen LogP contribution in [0.5, 0.6) is 0 Å². The molecule has 0 bridgehead atoms. The molecule has 1 fully saturated rings. The number of H-pyrrole nitrogens is 1.